The first-order valence-corrected chi connectivity index (χ1v) is 9.01. The Balaban J connectivity index is 2.14. The zero-order valence-electron chi connectivity index (χ0n) is 16.4. The molecule has 1 aliphatic rings. The lowest BCUT2D eigenvalue weighted by Crippen LogP contribution is -2.45. The Hall–Kier alpha value is -1.54. The highest BCUT2D eigenvalue weighted by Crippen LogP contribution is 2.06. The van der Waals surface area contributed by atoms with E-state index in [-0.39, 0.29) is 0 Å². The molecule has 8 nitrogen and oxygen atoms in total. The maximum atomic E-state index is 11.6. The standard InChI is InChI=1S/C17H35N5O3/c1-14(13-22-8-10-24-11-9-22)12-21-15(18-5)19-6-7-20-16(23)25-17(2,3)4/h14H,6-13H2,1-5H3,(H,20,23)(H2,18,19,21). The monoisotopic (exact) mass is 357 g/mol. The van der Waals surface area contributed by atoms with Gasteiger partial charge in [0.2, 0.25) is 0 Å². The highest BCUT2D eigenvalue weighted by molar-refractivity contribution is 5.79. The van der Waals surface area contributed by atoms with Gasteiger partial charge in [0, 0.05) is 46.3 Å². The van der Waals surface area contributed by atoms with Crippen LogP contribution < -0.4 is 16.0 Å². The molecule has 0 spiro atoms. The summed E-state index contributed by atoms with van der Waals surface area (Å²) < 4.78 is 10.6. The zero-order chi connectivity index (χ0) is 18.7. The average Bonchev–Trinajstić information content (AvgIpc) is 2.53. The molecule has 0 aromatic rings. The Bertz CT molecular complexity index is 417. The van der Waals surface area contributed by atoms with E-state index in [4.69, 9.17) is 9.47 Å². The molecule has 0 saturated carbocycles. The van der Waals surface area contributed by atoms with E-state index in [1.54, 1.807) is 7.05 Å². The van der Waals surface area contributed by atoms with Gasteiger partial charge in [-0.15, -0.1) is 0 Å². The second-order valence-corrected chi connectivity index (χ2v) is 7.33. The van der Waals surface area contributed by atoms with Crippen LogP contribution in [0.1, 0.15) is 27.7 Å². The van der Waals surface area contributed by atoms with Crippen LogP contribution >= 0.6 is 0 Å². The fourth-order valence-electron chi connectivity index (χ4n) is 2.44. The van der Waals surface area contributed by atoms with Crippen LogP contribution in [0.4, 0.5) is 4.79 Å². The molecule has 25 heavy (non-hydrogen) atoms. The predicted molar refractivity (Wildman–Crippen MR) is 100 cm³/mol. The molecule has 1 fully saturated rings. The van der Waals surface area contributed by atoms with Crippen molar-refractivity contribution >= 4 is 12.1 Å². The van der Waals surface area contributed by atoms with E-state index in [2.05, 4.69) is 32.8 Å². The Kier molecular flexibility index (Phi) is 9.59. The van der Waals surface area contributed by atoms with E-state index in [1.807, 2.05) is 20.8 Å². The van der Waals surface area contributed by atoms with E-state index in [0.29, 0.717) is 19.0 Å². The lowest BCUT2D eigenvalue weighted by Gasteiger charge is -2.29. The lowest BCUT2D eigenvalue weighted by molar-refractivity contribution is 0.0320. The van der Waals surface area contributed by atoms with Gasteiger partial charge < -0.3 is 25.4 Å². The van der Waals surface area contributed by atoms with Crippen molar-refractivity contribution in [2.75, 3.05) is 59.5 Å². The smallest absolute Gasteiger partial charge is 0.407 e. The van der Waals surface area contributed by atoms with E-state index in [0.717, 1.165) is 45.4 Å². The molecule has 0 aliphatic carbocycles. The van der Waals surface area contributed by atoms with Crippen molar-refractivity contribution in [3.8, 4) is 0 Å². The number of alkyl carbamates (subject to hydrolysis) is 1. The number of hydrogen-bond acceptors (Lipinski definition) is 5. The van der Waals surface area contributed by atoms with Gasteiger partial charge in [0.05, 0.1) is 13.2 Å². The summed E-state index contributed by atoms with van der Waals surface area (Å²) in [6.07, 6.45) is -0.406. The summed E-state index contributed by atoms with van der Waals surface area (Å²) in [6.45, 7) is 14.4. The molecule has 1 atom stereocenters. The normalized spacial score (nSPS) is 17.7. The van der Waals surface area contributed by atoms with Crippen molar-refractivity contribution in [2.45, 2.75) is 33.3 Å². The number of carbonyl (C=O) groups is 1. The number of rotatable bonds is 7. The molecule has 0 radical (unpaired) electrons. The largest absolute Gasteiger partial charge is 0.444 e. The summed E-state index contributed by atoms with van der Waals surface area (Å²) >= 11 is 0. The average molecular weight is 357 g/mol. The SMILES string of the molecule is CN=C(NCCNC(=O)OC(C)(C)C)NCC(C)CN1CCOCC1. The maximum Gasteiger partial charge on any atom is 0.407 e. The quantitative estimate of drug-likeness (QED) is 0.352. The highest BCUT2D eigenvalue weighted by Gasteiger charge is 2.16. The van der Waals surface area contributed by atoms with Gasteiger partial charge in [-0.05, 0) is 26.7 Å². The molecule has 1 unspecified atom stereocenters. The van der Waals surface area contributed by atoms with Crippen LogP contribution in [0.15, 0.2) is 4.99 Å². The van der Waals surface area contributed by atoms with Crippen molar-refractivity contribution in [3.05, 3.63) is 0 Å². The Morgan fingerprint density at radius 3 is 2.44 bits per heavy atom. The molecule has 0 bridgehead atoms. The Morgan fingerprint density at radius 1 is 1.20 bits per heavy atom. The van der Waals surface area contributed by atoms with Crippen LogP contribution in [0, 0.1) is 5.92 Å². The third-order valence-corrected chi connectivity index (χ3v) is 3.60. The van der Waals surface area contributed by atoms with Gasteiger partial charge in [-0.25, -0.2) is 4.79 Å². The second kappa shape index (κ2) is 11.1. The molecule has 8 heteroatoms. The van der Waals surface area contributed by atoms with Crippen molar-refractivity contribution in [1.29, 1.82) is 0 Å². The van der Waals surface area contributed by atoms with Gasteiger partial charge >= 0.3 is 6.09 Å². The van der Waals surface area contributed by atoms with E-state index >= 15 is 0 Å². The maximum absolute atomic E-state index is 11.6. The summed E-state index contributed by atoms with van der Waals surface area (Å²) in [7, 11) is 1.74. The Labute approximate surface area is 151 Å². The summed E-state index contributed by atoms with van der Waals surface area (Å²) in [5, 5.41) is 9.22. The van der Waals surface area contributed by atoms with Crippen LogP contribution in [-0.4, -0.2) is 82.1 Å². The number of nitrogens with zero attached hydrogens (tertiary/aromatic N) is 2. The van der Waals surface area contributed by atoms with Crippen LogP contribution in [-0.2, 0) is 9.47 Å². The lowest BCUT2D eigenvalue weighted by atomic mass is 10.1. The van der Waals surface area contributed by atoms with Crippen LogP contribution in [0.25, 0.3) is 0 Å². The number of nitrogens with one attached hydrogen (secondary N) is 3. The molecule has 1 rings (SSSR count). The molecule has 0 aromatic carbocycles. The minimum atomic E-state index is -0.480. The first-order valence-electron chi connectivity index (χ1n) is 9.01. The third-order valence-electron chi connectivity index (χ3n) is 3.60. The molecule has 1 aliphatic heterocycles. The fourth-order valence-corrected chi connectivity index (χ4v) is 2.44. The van der Waals surface area contributed by atoms with Crippen molar-refractivity contribution in [1.82, 2.24) is 20.9 Å². The van der Waals surface area contributed by atoms with Crippen LogP contribution in [0.3, 0.4) is 0 Å². The van der Waals surface area contributed by atoms with Gasteiger partial charge in [0.1, 0.15) is 5.60 Å². The molecular weight excluding hydrogens is 322 g/mol. The topological polar surface area (TPSA) is 87.2 Å². The third kappa shape index (κ3) is 10.8. The van der Waals surface area contributed by atoms with Gasteiger partial charge in [0.25, 0.3) is 0 Å². The first-order chi connectivity index (χ1) is 11.8. The van der Waals surface area contributed by atoms with Gasteiger partial charge in [-0.3, -0.25) is 9.89 Å². The number of amides is 1. The van der Waals surface area contributed by atoms with Crippen LogP contribution in [0.2, 0.25) is 0 Å². The van der Waals surface area contributed by atoms with Crippen LogP contribution in [0.5, 0.6) is 0 Å². The summed E-state index contributed by atoms with van der Waals surface area (Å²) in [5.74, 6) is 1.25. The Morgan fingerprint density at radius 2 is 1.84 bits per heavy atom. The minimum Gasteiger partial charge on any atom is -0.444 e. The second-order valence-electron chi connectivity index (χ2n) is 7.33. The van der Waals surface area contributed by atoms with Gasteiger partial charge in [0.15, 0.2) is 5.96 Å². The first kappa shape index (κ1) is 21.5. The van der Waals surface area contributed by atoms with Crippen molar-refractivity contribution in [3.63, 3.8) is 0 Å². The van der Waals surface area contributed by atoms with E-state index in [1.165, 1.54) is 0 Å². The summed E-state index contributed by atoms with van der Waals surface area (Å²) in [4.78, 5) is 18.2. The van der Waals surface area contributed by atoms with E-state index in [9.17, 15) is 4.79 Å². The molecule has 1 saturated heterocycles. The minimum absolute atomic E-state index is 0.406. The number of hydrogen-bond donors (Lipinski definition) is 3. The molecule has 1 heterocycles. The molecule has 146 valence electrons. The number of guanidine groups is 1. The highest BCUT2D eigenvalue weighted by atomic mass is 16.6. The summed E-state index contributed by atoms with van der Waals surface area (Å²) in [6, 6.07) is 0. The molecule has 1 amide bonds. The summed E-state index contributed by atoms with van der Waals surface area (Å²) in [5.41, 5.74) is -0.480. The molecule has 0 aromatic heterocycles. The fraction of sp³-hybridized carbons (Fsp3) is 0.882. The molecular formula is C17H35N5O3. The van der Waals surface area contributed by atoms with Crippen molar-refractivity contribution in [2.24, 2.45) is 10.9 Å². The van der Waals surface area contributed by atoms with E-state index < -0.39 is 11.7 Å². The van der Waals surface area contributed by atoms with Gasteiger partial charge in [-0.2, -0.15) is 0 Å². The number of ether oxygens (including phenoxy) is 2. The zero-order valence-corrected chi connectivity index (χ0v) is 16.4. The number of aliphatic imine (C=N–C) groups is 1. The molecule has 3 N–H and O–H groups in total. The van der Waals surface area contributed by atoms with Gasteiger partial charge in [-0.1, -0.05) is 6.92 Å². The number of carbonyl (C=O) groups excluding carboxylic acids is 1. The number of morpholine rings is 1. The van der Waals surface area contributed by atoms with Crippen molar-refractivity contribution < 1.29 is 14.3 Å². The predicted octanol–water partition coefficient (Wildman–Crippen LogP) is 0.644.